The summed E-state index contributed by atoms with van der Waals surface area (Å²) >= 11 is 1.54. The van der Waals surface area contributed by atoms with E-state index in [1.807, 2.05) is 0 Å². The number of carbonyl (C=O) groups is 1. The molecule has 35 heavy (non-hydrogen) atoms. The van der Waals surface area contributed by atoms with Gasteiger partial charge in [-0.05, 0) is 86.2 Å². The molecule has 2 heterocycles. The van der Waals surface area contributed by atoms with Crippen molar-refractivity contribution in [3.05, 3.63) is 75.1 Å². The SMILES string of the molecule is CN(C)CCCNCc1c(Cc2cccc3ccccc23)c(C2CC2)c2n(c1=O)[C@H](C(=O)O)CS2. The molecule has 1 atom stereocenters. The second-order valence-corrected chi connectivity index (χ2v) is 10.9. The molecule has 0 unspecified atom stereocenters. The lowest BCUT2D eigenvalue weighted by Crippen LogP contribution is -2.35. The van der Waals surface area contributed by atoms with Crippen molar-refractivity contribution in [3.63, 3.8) is 0 Å². The van der Waals surface area contributed by atoms with Crippen LogP contribution in [0.3, 0.4) is 0 Å². The number of hydrogen-bond acceptors (Lipinski definition) is 5. The zero-order chi connectivity index (χ0) is 24.5. The van der Waals surface area contributed by atoms with Crippen molar-refractivity contribution >= 4 is 28.5 Å². The van der Waals surface area contributed by atoms with E-state index in [0.717, 1.165) is 48.5 Å². The normalized spacial score (nSPS) is 17.3. The minimum atomic E-state index is -0.924. The molecule has 0 amide bonds. The molecule has 1 saturated carbocycles. The molecule has 0 spiro atoms. The fraction of sp³-hybridized carbons (Fsp3) is 0.429. The highest BCUT2D eigenvalue weighted by molar-refractivity contribution is 7.99. The van der Waals surface area contributed by atoms with Gasteiger partial charge in [0.25, 0.3) is 5.56 Å². The Morgan fingerprint density at radius 2 is 1.91 bits per heavy atom. The second-order valence-electron chi connectivity index (χ2n) is 9.94. The highest BCUT2D eigenvalue weighted by atomic mass is 32.2. The molecule has 0 saturated heterocycles. The van der Waals surface area contributed by atoms with Crippen molar-refractivity contribution in [3.8, 4) is 0 Å². The third kappa shape index (κ3) is 4.90. The summed E-state index contributed by atoms with van der Waals surface area (Å²) in [7, 11) is 4.11. The van der Waals surface area contributed by atoms with Gasteiger partial charge >= 0.3 is 5.97 Å². The molecule has 2 aromatic carbocycles. The molecular formula is C28H33N3O3S. The zero-order valence-corrected chi connectivity index (χ0v) is 21.2. The van der Waals surface area contributed by atoms with Gasteiger partial charge in [0.1, 0.15) is 6.04 Å². The summed E-state index contributed by atoms with van der Waals surface area (Å²) in [4.78, 5) is 28.0. The maximum absolute atomic E-state index is 13.9. The summed E-state index contributed by atoms with van der Waals surface area (Å²) in [5.74, 6) is -0.0984. The van der Waals surface area contributed by atoms with Gasteiger partial charge in [-0.15, -0.1) is 11.8 Å². The van der Waals surface area contributed by atoms with Crippen LogP contribution in [0.15, 0.2) is 52.3 Å². The Kier molecular flexibility index (Phi) is 7.00. The molecule has 1 aliphatic heterocycles. The van der Waals surface area contributed by atoms with E-state index in [2.05, 4.69) is 66.8 Å². The number of aliphatic carboxylic acids is 1. The van der Waals surface area contributed by atoms with E-state index in [1.165, 1.54) is 21.9 Å². The summed E-state index contributed by atoms with van der Waals surface area (Å²) < 4.78 is 1.59. The fourth-order valence-corrected chi connectivity index (χ4v) is 6.58. The predicted molar refractivity (Wildman–Crippen MR) is 142 cm³/mol. The predicted octanol–water partition coefficient (Wildman–Crippen LogP) is 4.24. The maximum Gasteiger partial charge on any atom is 0.327 e. The van der Waals surface area contributed by atoms with Crippen LogP contribution >= 0.6 is 11.8 Å². The number of thioether (sulfide) groups is 1. The molecule has 0 bridgehead atoms. The van der Waals surface area contributed by atoms with E-state index in [-0.39, 0.29) is 5.56 Å². The smallest absolute Gasteiger partial charge is 0.327 e. The first-order valence-electron chi connectivity index (χ1n) is 12.4. The lowest BCUT2D eigenvalue weighted by Gasteiger charge is -2.21. The summed E-state index contributed by atoms with van der Waals surface area (Å²) in [5, 5.41) is 16.6. The summed E-state index contributed by atoms with van der Waals surface area (Å²) in [6.07, 6.45) is 3.87. The highest BCUT2D eigenvalue weighted by Crippen LogP contribution is 2.49. The van der Waals surface area contributed by atoms with Crippen LogP contribution in [0.25, 0.3) is 10.8 Å². The van der Waals surface area contributed by atoms with Gasteiger partial charge in [-0.1, -0.05) is 42.5 Å². The maximum atomic E-state index is 13.9. The van der Waals surface area contributed by atoms with Crippen LogP contribution in [0.5, 0.6) is 0 Å². The van der Waals surface area contributed by atoms with Crippen molar-refractivity contribution < 1.29 is 9.90 Å². The van der Waals surface area contributed by atoms with Crippen LogP contribution in [0.1, 0.15) is 53.5 Å². The van der Waals surface area contributed by atoms with E-state index in [1.54, 1.807) is 16.3 Å². The first-order valence-corrected chi connectivity index (χ1v) is 13.4. The van der Waals surface area contributed by atoms with Crippen LogP contribution < -0.4 is 10.9 Å². The van der Waals surface area contributed by atoms with E-state index >= 15 is 0 Å². The number of nitrogens with one attached hydrogen (secondary N) is 1. The molecular weight excluding hydrogens is 458 g/mol. The van der Waals surface area contributed by atoms with Gasteiger partial charge in [-0.3, -0.25) is 9.36 Å². The Bertz CT molecular complexity index is 1310. The van der Waals surface area contributed by atoms with Crippen molar-refractivity contribution in [1.29, 1.82) is 0 Å². The monoisotopic (exact) mass is 491 g/mol. The number of benzene rings is 2. The number of hydrogen-bond donors (Lipinski definition) is 2. The quantitative estimate of drug-likeness (QED) is 0.413. The van der Waals surface area contributed by atoms with Gasteiger partial charge in [0.05, 0.1) is 5.03 Å². The Labute approximate surface area is 210 Å². The van der Waals surface area contributed by atoms with Gasteiger partial charge in [-0.2, -0.15) is 0 Å². The molecule has 2 aliphatic rings. The van der Waals surface area contributed by atoms with Gasteiger partial charge in [0.2, 0.25) is 0 Å². The summed E-state index contributed by atoms with van der Waals surface area (Å²) in [6, 6.07) is 14.0. The third-order valence-electron chi connectivity index (χ3n) is 7.08. The number of carboxylic acids is 1. The first kappa shape index (κ1) is 24.1. The standard InChI is InChI=1S/C28H33N3O3S/c1-30(2)14-6-13-29-16-23-22(15-20-9-5-8-18-7-3-4-10-21(18)20)25(19-11-12-19)27-31(26(23)32)24(17-35-27)28(33)34/h3-5,7-10,19,24,29H,6,11-17H2,1-2H3,(H,33,34)/t24-/m0/s1. The lowest BCUT2D eigenvalue weighted by molar-refractivity contribution is -0.140. The number of fused-ring (bicyclic) bond motifs is 2. The number of pyridine rings is 1. The second kappa shape index (κ2) is 10.2. The highest BCUT2D eigenvalue weighted by Gasteiger charge is 2.39. The molecule has 2 N–H and O–H groups in total. The summed E-state index contributed by atoms with van der Waals surface area (Å²) in [6.45, 7) is 2.25. The number of aromatic nitrogens is 1. The van der Waals surface area contributed by atoms with Crippen LogP contribution in [-0.4, -0.2) is 53.5 Å². The average Bonchev–Trinajstić information content (AvgIpc) is 3.57. The minimum Gasteiger partial charge on any atom is -0.480 e. The minimum absolute atomic E-state index is 0.142. The topological polar surface area (TPSA) is 74.6 Å². The van der Waals surface area contributed by atoms with Gasteiger partial charge in [0, 0.05) is 17.9 Å². The number of rotatable bonds is 10. The van der Waals surface area contributed by atoms with Gasteiger partial charge in [0.15, 0.2) is 0 Å². The Hall–Kier alpha value is -2.61. The van der Waals surface area contributed by atoms with Crippen LogP contribution in [-0.2, 0) is 17.8 Å². The van der Waals surface area contributed by atoms with Gasteiger partial charge in [-0.25, -0.2) is 4.79 Å². The zero-order valence-electron chi connectivity index (χ0n) is 20.4. The van der Waals surface area contributed by atoms with E-state index < -0.39 is 12.0 Å². The van der Waals surface area contributed by atoms with E-state index in [9.17, 15) is 14.7 Å². The number of carboxylic acid groups (broad SMARTS) is 1. The molecule has 0 radical (unpaired) electrons. The molecule has 1 fully saturated rings. The third-order valence-corrected chi connectivity index (χ3v) is 8.26. The summed E-state index contributed by atoms with van der Waals surface area (Å²) in [5.41, 5.74) is 4.13. The Balaban J connectivity index is 1.60. The van der Waals surface area contributed by atoms with Gasteiger partial charge < -0.3 is 15.3 Å². The van der Waals surface area contributed by atoms with Crippen LogP contribution in [0, 0.1) is 0 Å². The van der Waals surface area contributed by atoms with Crippen molar-refractivity contribution in [1.82, 2.24) is 14.8 Å². The van der Waals surface area contributed by atoms with Crippen molar-refractivity contribution in [2.45, 2.75) is 49.2 Å². The lowest BCUT2D eigenvalue weighted by atomic mass is 9.91. The van der Waals surface area contributed by atoms with Crippen LogP contribution in [0.2, 0.25) is 0 Å². The van der Waals surface area contributed by atoms with E-state index in [4.69, 9.17) is 0 Å². The molecule has 1 aromatic heterocycles. The molecule has 1 aliphatic carbocycles. The Morgan fingerprint density at radius 3 is 2.66 bits per heavy atom. The Morgan fingerprint density at radius 1 is 1.14 bits per heavy atom. The fourth-order valence-electron chi connectivity index (χ4n) is 5.18. The van der Waals surface area contributed by atoms with E-state index in [0.29, 0.717) is 24.6 Å². The molecule has 5 rings (SSSR count). The molecule has 7 heteroatoms. The average molecular weight is 492 g/mol. The van der Waals surface area contributed by atoms with Crippen molar-refractivity contribution in [2.75, 3.05) is 32.9 Å². The number of nitrogens with zero attached hydrogens (tertiary/aromatic N) is 2. The van der Waals surface area contributed by atoms with Crippen LogP contribution in [0.4, 0.5) is 0 Å². The first-order chi connectivity index (χ1) is 17.0. The molecule has 6 nitrogen and oxygen atoms in total. The molecule has 184 valence electrons. The molecule has 3 aromatic rings. The largest absolute Gasteiger partial charge is 0.480 e. The van der Waals surface area contributed by atoms with Crippen molar-refractivity contribution in [2.24, 2.45) is 0 Å².